The van der Waals surface area contributed by atoms with Crippen LogP contribution in [0.3, 0.4) is 0 Å². The van der Waals surface area contributed by atoms with E-state index in [0.29, 0.717) is 24.4 Å². The first kappa shape index (κ1) is 16.5. The molecule has 0 saturated carbocycles. The molecule has 1 aliphatic rings. The first-order valence-corrected chi connectivity index (χ1v) is 7.88. The average Bonchev–Trinajstić information content (AvgIpc) is 2.50. The van der Waals surface area contributed by atoms with Crippen molar-refractivity contribution in [3.05, 3.63) is 29.8 Å². The lowest BCUT2D eigenvalue weighted by molar-refractivity contribution is -0.117. The highest BCUT2D eigenvalue weighted by atomic mass is 16.5. The molecular formula is C17H24N2O3. The number of carbonyl (C=O) groups excluding carboxylic acids is 2. The summed E-state index contributed by atoms with van der Waals surface area (Å²) in [4.78, 5) is 26.2. The van der Waals surface area contributed by atoms with Crippen LogP contribution in [0.15, 0.2) is 24.3 Å². The van der Waals surface area contributed by atoms with E-state index in [2.05, 4.69) is 17.1 Å². The maximum atomic E-state index is 12.2. The van der Waals surface area contributed by atoms with Crippen LogP contribution in [0.25, 0.3) is 0 Å². The predicted molar refractivity (Wildman–Crippen MR) is 85.9 cm³/mol. The lowest BCUT2D eigenvalue weighted by Crippen LogP contribution is -2.38. The van der Waals surface area contributed by atoms with E-state index < -0.39 is 5.97 Å². The second-order valence-electron chi connectivity index (χ2n) is 5.77. The van der Waals surface area contributed by atoms with Crippen molar-refractivity contribution in [1.82, 2.24) is 4.90 Å². The third-order valence-corrected chi connectivity index (χ3v) is 3.94. The molecule has 120 valence electrons. The highest BCUT2D eigenvalue weighted by Crippen LogP contribution is 2.18. The molecule has 0 atom stereocenters. The Morgan fingerprint density at radius 3 is 2.64 bits per heavy atom. The van der Waals surface area contributed by atoms with Crippen molar-refractivity contribution in [3.63, 3.8) is 0 Å². The van der Waals surface area contributed by atoms with Crippen LogP contribution < -0.4 is 5.32 Å². The summed E-state index contributed by atoms with van der Waals surface area (Å²) in [6, 6.07) is 6.94. The number of ether oxygens (including phenoxy) is 1. The Morgan fingerprint density at radius 1 is 1.27 bits per heavy atom. The maximum absolute atomic E-state index is 12.2. The number of esters is 1. The first-order valence-electron chi connectivity index (χ1n) is 7.88. The van der Waals surface area contributed by atoms with Crippen molar-refractivity contribution in [2.24, 2.45) is 5.92 Å². The molecule has 5 nitrogen and oxygen atoms in total. The molecule has 2 rings (SSSR count). The standard InChI is InChI=1S/C17H24N2O3/c1-3-22-17(21)14-6-4-5-7-15(14)18-16(20)12-19-10-8-13(2)9-11-19/h4-7,13H,3,8-12H2,1-2H3,(H,18,20). The minimum Gasteiger partial charge on any atom is -0.462 e. The Kier molecular flexibility index (Phi) is 5.95. The van der Waals surface area contributed by atoms with Gasteiger partial charge >= 0.3 is 5.97 Å². The van der Waals surface area contributed by atoms with Gasteiger partial charge in [0.25, 0.3) is 0 Å². The van der Waals surface area contributed by atoms with E-state index in [1.54, 1.807) is 31.2 Å². The second kappa shape index (κ2) is 7.94. The Balaban J connectivity index is 1.95. The minimum atomic E-state index is -0.412. The second-order valence-corrected chi connectivity index (χ2v) is 5.77. The Hall–Kier alpha value is -1.88. The zero-order valence-corrected chi connectivity index (χ0v) is 13.3. The number of hydrogen-bond acceptors (Lipinski definition) is 4. The van der Waals surface area contributed by atoms with Gasteiger partial charge in [-0.3, -0.25) is 9.69 Å². The van der Waals surface area contributed by atoms with Crippen molar-refractivity contribution in [3.8, 4) is 0 Å². The molecule has 0 aromatic heterocycles. The first-order chi connectivity index (χ1) is 10.6. The molecule has 1 heterocycles. The summed E-state index contributed by atoms with van der Waals surface area (Å²) in [7, 11) is 0. The van der Waals surface area contributed by atoms with Gasteiger partial charge in [-0.15, -0.1) is 0 Å². The van der Waals surface area contributed by atoms with Gasteiger partial charge in [-0.2, -0.15) is 0 Å². The maximum Gasteiger partial charge on any atom is 0.340 e. The fourth-order valence-electron chi connectivity index (χ4n) is 2.59. The molecule has 5 heteroatoms. The van der Waals surface area contributed by atoms with Crippen LogP contribution in [0.2, 0.25) is 0 Å². The number of likely N-dealkylation sites (tertiary alicyclic amines) is 1. The van der Waals surface area contributed by atoms with Gasteiger partial charge in [0.15, 0.2) is 0 Å². The molecule has 1 fully saturated rings. The Morgan fingerprint density at radius 2 is 1.95 bits per heavy atom. The lowest BCUT2D eigenvalue weighted by atomic mass is 9.99. The van der Waals surface area contributed by atoms with E-state index in [-0.39, 0.29) is 5.91 Å². The molecule has 0 radical (unpaired) electrons. The van der Waals surface area contributed by atoms with Gasteiger partial charge in [-0.25, -0.2) is 4.79 Å². The zero-order chi connectivity index (χ0) is 15.9. The molecule has 1 aromatic rings. The summed E-state index contributed by atoms with van der Waals surface area (Å²) < 4.78 is 5.01. The Labute approximate surface area is 131 Å². The molecular weight excluding hydrogens is 280 g/mol. The summed E-state index contributed by atoms with van der Waals surface area (Å²) in [6.07, 6.45) is 2.26. The number of nitrogens with zero attached hydrogens (tertiary/aromatic N) is 1. The van der Waals surface area contributed by atoms with E-state index in [1.165, 1.54) is 0 Å². The van der Waals surface area contributed by atoms with Crippen LogP contribution >= 0.6 is 0 Å². The molecule has 1 saturated heterocycles. The molecule has 1 aromatic carbocycles. The zero-order valence-electron chi connectivity index (χ0n) is 13.3. The van der Waals surface area contributed by atoms with Crippen molar-refractivity contribution in [2.45, 2.75) is 26.7 Å². The summed E-state index contributed by atoms with van der Waals surface area (Å²) in [6.45, 7) is 6.59. The van der Waals surface area contributed by atoms with Crippen molar-refractivity contribution in [2.75, 3.05) is 31.6 Å². The summed E-state index contributed by atoms with van der Waals surface area (Å²) in [5.41, 5.74) is 0.904. The largest absolute Gasteiger partial charge is 0.462 e. The van der Waals surface area contributed by atoms with Crippen LogP contribution in [0.1, 0.15) is 37.0 Å². The van der Waals surface area contributed by atoms with Crippen molar-refractivity contribution < 1.29 is 14.3 Å². The minimum absolute atomic E-state index is 0.0914. The molecule has 22 heavy (non-hydrogen) atoms. The highest BCUT2D eigenvalue weighted by molar-refractivity contribution is 6.01. The number of hydrogen-bond donors (Lipinski definition) is 1. The number of piperidine rings is 1. The number of para-hydroxylation sites is 1. The van der Waals surface area contributed by atoms with E-state index in [1.807, 2.05) is 0 Å². The van der Waals surface area contributed by atoms with Gasteiger partial charge in [0.2, 0.25) is 5.91 Å². The topological polar surface area (TPSA) is 58.6 Å². The predicted octanol–water partition coefficient (Wildman–Crippen LogP) is 2.53. The van der Waals surface area contributed by atoms with Gasteiger partial charge in [-0.1, -0.05) is 19.1 Å². The summed E-state index contributed by atoms with van der Waals surface area (Å²) in [5.74, 6) is 0.236. The Bertz CT molecular complexity index is 522. The molecule has 0 aliphatic carbocycles. The van der Waals surface area contributed by atoms with E-state index in [0.717, 1.165) is 31.8 Å². The van der Waals surface area contributed by atoms with Crippen molar-refractivity contribution in [1.29, 1.82) is 0 Å². The number of nitrogens with one attached hydrogen (secondary N) is 1. The van der Waals surface area contributed by atoms with Gasteiger partial charge < -0.3 is 10.1 Å². The lowest BCUT2D eigenvalue weighted by Gasteiger charge is -2.29. The number of rotatable bonds is 5. The van der Waals surface area contributed by atoms with Crippen LogP contribution in [0, 0.1) is 5.92 Å². The van der Waals surface area contributed by atoms with Crippen LogP contribution in [0.5, 0.6) is 0 Å². The number of benzene rings is 1. The van der Waals surface area contributed by atoms with Crippen LogP contribution in [-0.2, 0) is 9.53 Å². The van der Waals surface area contributed by atoms with E-state index in [4.69, 9.17) is 4.74 Å². The SMILES string of the molecule is CCOC(=O)c1ccccc1NC(=O)CN1CCC(C)CC1. The van der Waals surface area contributed by atoms with Gasteiger partial charge in [0.05, 0.1) is 24.4 Å². The fraction of sp³-hybridized carbons (Fsp3) is 0.529. The highest BCUT2D eigenvalue weighted by Gasteiger charge is 2.19. The van der Waals surface area contributed by atoms with Gasteiger partial charge in [-0.05, 0) is 50.9 Å². The molecule has 1 aliphatic heterocycles. The molecule has 0 unspecified atom stereocenters. The van der Waals surface area contributed by atoms with Gasteiger partial charge in [0, 0.05) is 0 Å². The monoisotopic (exact) mass is 304 g/mol. The quantitative estimate of drug-likeness (QED) is 0.849. The number of anilines is 1. The fourth-order valence-corrected chi connectivity index (χ4v) is 2.59. The average molecular weight is 304 g/mol. The van der Waals surface area contributed by atoms with Crippen LogP contribution in [0.4, 0.5) is 5.69 Å². The normalized spacial score (nSPS) is 16.3. The molecule has 1 N–H and O–H groups in total. The van der Waals surface area contributed by atoms with Crippen LogP contribution in [-0.4, -0.2) is 43.0 Å². The summed E-state index contributed by atoms with van der Waals surface area (Å²) in [5, 5.41) is 2.83. The molecule has 0 spiro atoms. The van der Waals surface area contributed by atoms with E-state index >= 15 is 0 Å². The van der Waals surface area contributed by atoms with Crippen molar-refractivity contribution >= 4 is 17.6 Å². The third kappa shape index (κ3) is 4.56. The summed E-state index contributed by atoms with van der Waals surface area (Å²) >= 11 is 0. The third-order valence-electron chi connectivity index (χ3n) is 3.94. The van der Waals surface area contributed by atoms with E-state index in [9.17, 15) is 9.59 Å². The number of carbonyl (C=O) groups is 2. The smallest absolute Gasteiger partial charge is 0.340 e. The molecule has 0 bridgehead atoms. The van der Waals surface area contributed by atoms with Gasteiger partial charge in [0.1, 0.15) is 0 Å². The molecule has 1 amide bonds. The number of amides is 1.